The lowest BCUT2D eigenvalue weighted by Gasteiger charge is -2.22. The van der Waals surface area contributed by atoms with Crippen molar-refractivity contribution in [3.05, 3.63) is 42.0 Å². The van der Waals surface area contributed by atoms with E-state index in [0.29, 0.717) is 12.2 Å². The minimum absolute atomic E-state index is 0.0923. The van der Waals surface area contributed by atoms with Crippen LogP contribution in [0.3, 0.4) is 0 Å². The molecule has 7 amide bonds. The average Bonchev–Trinajstić information content (AvgIpc) is 3.29. The Morgan fingerprint density at radius 3 is 1.98 bits per heavy atom. The number of rotatable bonds is 13. The van der Waals surface area contributed by atoms with E-state index < -0.39 is 47.6 Å². The van der Waals surface area contributed by atoms with Crippen LogP contribution < -0.4 is 27.0 Å². The lowest BCUT2D eigenvalue weighted by Crippen LogP contribution is -2.51. The summed E-state index contributed by atoms with van der Waals surface area (Å²) in [5, 5.41) is 10.1. The highest BCUT2D eigenvalue weighted by molar-refractivity contribution is 6.13. The van der Waals surface area contributed by atoms with Crippen molar-refractivity contribution in [3.63, 3.8) is 0 Å². The number of esters is 1. The molecular formula is C29H44N6O8. The van der Waals surface area contributed by atoms with Crippen molar-refractivity contribution in [1.82, 2.24) is 20.9 Å². The summed E-state index contributed by atoms with van der Waals surface area (Å²) >= 11 is 0. The Bertz CT molecular complexity index is 1120. The summed E-state index contributed by atoms with van der Waals surface area (Å²) in [4.78, 5) is 81.7. The smallest absolute Gasteiger partial charge is 0.312 e. The Labute approximate surface area is 252 Å². The van der Waals surface area contributed by atoms with Gasteiger partial charge >= 0.3 is 12.0 Å². The van der Waals surface area contributed by atoms with Gasteiger partial charge < -0.3 is 31.7 Å². The standard InChI is InChI=1S/C23H28N4O7.C4H10N2O.C2H6/c1-14(2)22(26-18(29)10-11-27-20(31)8-9-21(27)32)23(33)24-12-19(30)25-17-6-4-16(5-7-17)13-34-15(3)28;1-2-3-6-4(5)7;1-2/h4-9,14,22H,10-13H2,1-3H3,(H,24,33)(H,25,30)(H,26,29);2-3H2,1H3,(H3,5,6,7);1-2H3. The lowest BCUT2D eigenvalue weighted by molar-refractivity contribution is -0.142. The Morgan fingerprint density at radius 2 is 1.51 bits per heavy atom. The molecule has 238 valence electrons. The highest BCUT2D eigenvalue weighted by atomic mass is 16.5. The predicted molar refractivity (Wildman–Crippen MR) is 160 cm³/mol. The maximum atomic E-state index is 12.5. The van der Waals surface area contributed by atoms with Crippen LogP contribution in [0.1, 0.15) is 59.9 Å². The van der Waals surface area contributed by atoms with Gasteiger partial charge in [0.05, 0.1) is 6.54 Å². The third-order valence-electron chi connectivity index (χ3n) is 5.38. The molecule has 1 aromatic rings. The van der Waals surface area contributed by atoms with E-state index in [4.69, 9.17) is 10.5 Å². The molecule has 0 aliphatic carbocycles. The van der Waals surface area contributed by atoms with Crippen LogP contribution in [-0.2, 0) is 40.1 Å². The van der Waals surface area contributed by atoms with Gasteiger partial charge in [0.1, 0.15) is 12.6 Å². The number of carbonyl (C=O) groups excluding carboxylic acids is 7. The van der Waals surface area contributed by atoms with E-state index in [0.717, 1.165) is 29.0 Å². The Balaban J connectivity index is 0.00000171. The molecule has 1 aliphatic rings. The molecular weight excluding hydrogens is 560 g/mol. The molecule has 0 bridgehead atoms. The van der Waals surface area contributed by atoms with Crippen LogP contribution in [0.5, 0.6) is 0 Å². The molecule has 0 radical (unpaired) electrons. The second kappa shape index (κ2) is 21.0. The first-order chi connectivity index (χ1) is 20.3. The van der Waals surface area contributed by atoms with Crippen LogP contribution in [0.2, 0.25) is 0 Å². The number of hydrogen-bond acceptors (Lipinski definition) is 8. The number of carbonyl (C=O) groups is 7. The van der Waals surface area contributed by atoms with Gasteiger partial charge in [0, 0.05) is 44.3 Å². The van der Waals surface area contributed by atoms with E-state index in [1.807, 2.05) is 20.8 Å². The van der Waals surface area contributed by atoms with Gasteiger partial charge in [0.2, 0.25) is 17.7 Å². The van der Waals surface area contributed by atoms with Crippen molar-refractivity contribution >= 4 is 47.2 Å². The number of nitrogens with one attached hydrogen (secondary N) is 4. The summed E-state index contributed by atoms with van der Waals surface area (Å²) in [7, 11) is 0. The molecule has 2 rings (SSSR count). The molecule has 6 N–H and O–H groups in total. The summed E-state index contributed by atoms with van der Waals surface area (Å²) in [5.41, 5.74) is 5.98. The average molecular weight is 605 g/mol. The Hall–Kier alpha value is -4.75. The zero-order valence-electron chi connectivity index (χ0n) is 25.7. The number of nitrogens with two attached hydrogens (primary N) is 1. The monoisotopic (exact) mass is 604 g/mol. The van der Waals surface area contributed by atoms with Gasteiger partial charge in [-0.25, -0.2) is 4.79 Å². The summed E-state index contributed by atoms with van der Waals surface area (Å²) in [6, 6.07) is 5.33. The number of nitrogens with zero attached hydrogens (tertiary/aromatic N) is 1. The normalized spacial score (nSPS) is 12.2. The molecule has 0 aromatic heterocycles. The van der Waals surface area contributed by atoms with Crippen molar-refractivity contribution in [2.24, 2.45) is 11.7 Å². The van der Waals surface area contributed by atoms with Crippen LogP contribution in [0, 0.1) is 5.92 Å². The minimum atomic E-state index is -0.899. The van der Waals surface area contributed by atoms with E-state index in [1.165, 1.54) is 6.92 Å². The Morgan fingerprint density at radius 1 is 0.930 bits per heavy atom. The Kier molecular flexibility index (Phi) is 18.7. The number of ether oxygens (including phenoxy) is 1. The van der Waals surface area contributed by atoms with Crippen molar-refractivity contribution in [1.29, 1.82) is 0 Å². The third kappa shape index (κ3) is 16.3. The molecule has 1 unspecified atom stereocenters. The fourth-order valence-electron chi connectivity index (χ4n) is 3.25. The summed E-state index contributed by atoms with van der Waals surface area (Å²) in [6.45, 7) is 11.2. The fraction of sp³-hybridized carbons (Fsp3) is 0.483. The highest BCUT2D eigenvalue weighted by Gasteiger charge is 2.27. The van der Waals surface area contributed by atoms with E-state index >= 15 is 0 Å². The van der Waals surface area contributed by atoms with Gasteiger partial charge in [-0.15, -0.1) is 0 Å². The second-order valence-corrected chi connectivity index (χ2v) is 9.23. The number of urea groups is 1. The van der Waals surface area contributed by atoms with Gasteiger partial charge in [-0.05, 0) is 30.0 Å². The first-order valence-electron chi connectivity index (χ1n) is 14.0. The maximum Gasteiger partial charge on any atom is 0.312 e. The van der Waals surface area contributed by atoms with Gasteiger partial charge in [0.15, 0.2) is 0 Å². The number of anilines is 1. The molecule has 1 aromatic carbocycles. The lowest BCUT2D eigenvalue weighted by atomic mass is 10.0. The van der Waals surface area contributed by atoms with Crippen LogP contribution in [0.15, 0.2) is 36.4 Å². The zero-order chi connectivity index (χ0) is 32.9. The molecule has 0 saturated heterocycles. The van der Waals surface area contributed by atoms with Crippen molar-refractivity contribution < 1.29 is 38.3 Å². The molecule has 1 atom stereocenters. The predicted octanol–water partition coefficient (Wildman–Crippen LogP) is 1.35. The maximum absolute atomic E-state index is 12.5. The summed E-state index contributed by atoms with van der Waals surface area (Å²) in [6.07, 6.45) is 3.05. The molecule has 0 spiro atoms. The van der Waals surface area contributed by atoms with Crippen LogP contribution >= 0.6 is 0 Å². The number of primary amides is 1. The van der Waals surface area contributed by atoms with Gasteiger partial charge in [-0.1, -0.05) is 46.8 Å². The van der Waals surface area contributed by atoms with Crippen LogP contribution in [0.25, 0.3) is 0 Å². The molecule has 43 heavy (non-hydrogen) atoms. The minimum Gasteiger partial charge on any atom is -0.461 e. The molecule has 1 heterocycles. The summed E-state index contributed by atoms with van der Waals surface area (Å²) in [5.74, 6) is -3.13. The quantitative estimate of drug-likeness (QED) is 0.164. The van der Waals surface area contributed by atoms with Gasteiger partial charge in [-0.3, -0.25) is 33.7 Å². The molecule has 0 saturated carbocycles. The van der Waals surface area contributed by atoms with Gasteiger partial charge in [0.25, 0.3) is 11.8 Å². The topological polar surface area (TPSA) is 206 Å². The number of hydrogen-bond donors (Lipinski definition) is 5. The molecule has 1 aliphatic heterocycles. The zero-order valence-corrected chi connectivity index (χ0v) is 25.7. The first kappa shape index (κ1) is 38.2. The van der Waals surface area contributed by atoms with Crippen molar-refractivity contribution in [3.8, 4) is 0 Å². The number of benzene rings is 1. The van der Waals surface area contributed by atoms with E-state index in [1.54, 1.807) is 38.1 Å². The number of imide groups is 1. The molecule has 14 nitrogen and oxygen atoms in total. The molecule has 0 fully saturated rings. The SMILES string of the molecule is CC.CC(=O)OCc1ccc(NC(=O)CNC(=O)C(NC(=O)CCN2C(=O)C=CC2=O)C(C)C)cc1.CCCNC(N)=O. The summed E-state index contributed by atoms with van der Waals surface area (Å²) < 4.78 is 4.89. The third-order valence-corrected chi connectivity index (χ3v) is 5.38. The van der Waals surface area contributed by atoms with Crippen LogP contribution in [0.4, 0.5) is 10.5 Å². The van der Waals surface area contributed by atoms with E-state index in [2.05, 4.69) is 21.3 Å². The van der Waals surface area contributed by atoms with Crippen molar-refractivity contribution in [2.45, 2.75) is 67.0 Å². The second-order valence-electron chi connectivity index (χ2n) is 9.23. The molecule has 14 heteroatoms. The highest BCUT2D eigenvalue weighted by Crippen LogP contribution is 2.11. The van der Waals surface area contributed by atoms with E-state index in [9.17, 15) is 33.6 Å². The van der Waals surface area contributed by atoms with Gasteiger partial charge in [-0.2, -0.15) is 0 Å². The first-order valence-corrected chi connectivity index (χ1v) is 14.0. The van der Waals surface area contributed by atoms with Crippen LogP contribution in [-0.4, -0.2) is 72.1 Å². The largest absolute Gasteiger partial charge is 0.461 e. The van der Waals surface area contributed by atoms with E-state index in [-0.39, 0.29) is 32.0 Å². The number of amides is 7. The van der Waals surface area contributed by atoms with Crippen molar-refractivity contribution in [2.75, 3.05) is 25.0 Å². The fourth-order valence-corrected chi connectivity index (χ4v) is 3.25.